The molecular formula is C17H16FNO3. The summed E-state index contributed by atoms with van der Waals surface area (Å²) in [5.41, 5.74) is 1.49. The largest absolute Gasteiger partial charge is 0.477 e. The van der Waals surface area contributed by atoms with Crippen LogP contribution in [0.15, 0.2) is 48.5 Å². The average molecular weight is 301 g/mol. The third-order valence-electron chi connectivity index (χ3n) is 3.71. The Labute approximate surface area is 127 Å². The fourth-order valence-corrected chi connectivity index (χ4v) is 2.56. The van der Waals surface area contributed by atoms with Crippen molar-refractivity contribution >= 4 is 5.91 Å². The summed E-state index contributed by atoms with van der Waals surface area (Å²) in [5.74, 6) is -0.684. The van der Waals surface area contributed by atoms with E-state index in [1.165, 1.54) is 6.07 Å². The lowest BCUT2D eigenvalue weighted by molar-refractivity contribution is -0.128. The summed E-state index contributed by atoms with van der Waals surface area (Å²) in [6.07, 6.45) is -0.448. The average Bonchev–Trinajstić information content (AvgIpc) is 2.99. The Morgan fingerprint density at radius 3 is 2.73 bits per heavy atom. The molecule has 0 fully saturated rings. The van der Waals surface area contributed by atoms with Gasteiger partial charge in [-0.2, -0.15) is 0 Å². The Hall–Kier alpha value is -2.40. The van der Waals surface area contributed by atoms with E-state index < -0.39 is 18.0 Å². The van der Waals surface area contributed by atoms with E-state index in [2.05, 4.69) is 5.32 Å². The molecule has 0 aromatic heterocycles. The molecule has 5 heteroatoms. The minimum atomic E-state index is -0.773. The van der Waals surface area contributed by atoms with Gasteiger partial charge in [0.05, 0.1) is 12.6 Å². The predicted octanol–water partition coefficient (Wildman–Crippen LogP) is 1.98. The zero-order valence-corrected chi connectivity index (χ0v) is 11.8. The molecule has 4 nitrogen and oxygen atoms in total. The van der Waals surface area contributed by atoms with Crippen molar-refractivity contribution in [3.63, 3.8) is 0 Å². The van der Waals surface area contributed by atoms with Crippen LogP contribution >= 0.6 is 0 Å². The zero-order chi connectivity index (χ0) is 15.5. The number of para-hydroxylation sites is 1. The lowest BCUT2D eigenvalue weighted by Crippen LogP contribution is -2.40. The highest BCUT2D eigenvalue weighted by atomic mass is 19.1. The van der Waals surface area contributed by atoms with Gasteiger partial charge in [-0.1, -0.05) is 42.5 Å². The predicted molar refractivity (Wildman–Crippen MR) is 78.9 cm³/mol. The number of carbonyl (C=O) groups is 1. The summed E-state index contributed by atoms with van der Waals surface area (Å²) in [7, 11) is 0. The molecule has 0 aliphatic carbocycles. The van der Waals surface area contributed by atoms with Gasteiger partial charge in [0.25, 0.3) is 5.91 Å². The van der Waals surface area contributed by atoms with Crippen molar-refractivity contribution in [1.29, 1.82) is 0 Å². The first kappa shape index (κ1) is 14.5. The standard InChI is InChI=1S/C17H16FNO3/c18-13-8-4-7-12-9-15(22-16(12)13)17(21)19-14(10-20)11-5-2-1-3-6-11/h1-8,14-15,20H,9-10H2,(H,19,21). The van der Waals surface area contributed by atoms with Crippen molar-refractivity contribution in [1.82, 2.24) is 5.32 Å². The first-order valence-electron chi connectivity index (χ1n) is 7.09. The van der Waals surface area contributed by atoms with Gasteiger partial charge < -0.3 is 15.2 Å². The number of aliphatic hydroxyl groups is 1. The number of carbonyl (C=O) groups excluding carboxylic acids is 1. The molecule has 22 heavy (non-hydrogen) atoms. The van der Waals surface area contributed by atoms with Gasteiger partial charge in [-0.05, 0) is 11.6 Å². The van der Waals surface area contributed by atoms with Gasteiger partial charge >= 0.3 is 0 Å². The molecule has 2 aromatic rings. The van der Waals surface area contributed by atoms with Crippen LogP contribution in [0.25, 0.3) is 0 Å². The van der Waals surface area contributed by atoms with Crippen molar-refractivity contribution in [3.8, 4) is 5.75 Å². The van der Waals surface area contributed by atoms with Crippen LogP contribution in [0.5, 0.6) is 5.75 Å². The number of nitrogens with one attached hydrogen (secondary N) is 1. The molecule has 0 spiro atoms. The maximum absolute atomic E-state index is 13.6. The van der Waals surface area contributed by atoms with E-state index in [4.69, 9.17) is 4.74 Å². The van der Waals surface area contributed by atoms with Crippen LogP contribution in [0.2, 0.25) is 0 Å². The topological polar surface area (TPSA) is 58.6 Å². The summed E-state index contributed by atoms with van der Waals surface area (Å²) < 4.78 is 19.0. The fraction of sp³-hybridized carbons (Fsp3) is 0.235. The monoisotopic (exact) mass is 301 g/mol. The van der Waals surface area contributed by atoms with Crippen molar-refractivity contribution in [2.45, 2.75) is 18.6 Å². The molecule has 1 aliphatic rings. The third kappa shape index (κ3) is 2.80. The molecule has 3 rings (SSSR count). The van der Waals surface area contributed by atoms with E-state index in [1.54, 1.807) is 12.1 Å². The molecule has 2 N–H and O–H groups in total. The first-order chi connectivity index (χ1) is 10.7. The molecule has 1 amide bonds. The minimum absolute atomic E-state index is 0.142. The van der Waals surface area contributed by atoms with Crippen LogP contribution in [-0.2, 0) is 11.2 Å². The van der Waals surface area contributed by atoms with Gasteiger partial charge in [0.1, 0.15) is 0 Å². The van der Waals surface area contributed by atoms with Gasteiger partial charge in [-0.3, -0.25) is 4.79 Å². The highest BCUT2D eigenvalue weighted by molar-refractivity contribution is 5.83. The number of halogens is 1. The Morgan fingerprint density at radius 2 is 2.05 bits per heavy atom. The second kappa shape index (κ2) is 6.15. The number of hydrogen-bond acceptors (Lipinski definition) is 3. The van der Waals surface area contributed by atoms with Gasteiger partial charge in [-0.25, -0.2) is 4.39 Å². The van der Waals surface area contributed by atoms with Crippen molar-refractivity contribution < 1.29 is 19.0 Å². The molecule has 0 radical (unpaired) electrons. The highest BCUT2D eigenvalue weighted by Gasteiger charge is 2.32. The van der Waals surface area contributed by atoms with Gasteiger partial charge in [0, 0.05) is 12.0 Å². The van der Waals surface area contributed by atoms with Gasteiger partial charge in [-0.15, -0.1) is 0 Å². The molecule has 2 unspecified atom stereocenters. The normalized spacial score (nSPS) is 17.5. The molecular weight excluding hydrogens is 285 g/mol. The summed E-state index contributed by atoms with van der Waals surface area (Å²) in [6, 6.07) is 13.3. The lowest BCUT2D eigenvalue weighted by Gasteiger charge is -2.19. The molecule has 2 atom stereocenters. The summed E-state index contributed by atoms with van der Waals surface area (Å²) in [5, 5.41) is 12.2. The van der Waals surface area contributed by atoms with Crippen LogP contribution in [0.3, 0.4) is 0 Å². The second-order valence-corrected chi connectivity index (χ2v) is 5.19. The van der Waals surface area contributed by atoms with Crippen molar-refractivity contribution in [2.75, 3.05) is 6.61 Å². The Morgan fingerprint density at radius 1 is 1.27 bits per heavy atom. The zero-order valence-electron chi connectivity index (χ0n) is 11.8. The number of ether oxygens (including phenoxy) is 1. The minimum Gasteiger partial charge on any atom is -0.477 e. The quantitative estimate of drug-likeness (QED) is 0.908. The van der Waals surface area contributed by atoms with Gasteiger partial charge in [0.2, 0.25) is 0 Å². The van der Waals surface area contributed by atoms with Crippen LogP contribution in [0.4, 0.5) is 4.39 Å². The highest BCUT2D eigenvalue weighted by Crippen LogP contribution is 2.31. The van der Waals surface area contributed by atoms with Gasteiger partial charge in [0.15, 0.2) is 17.7 Å². The molecule has 0 bridgehead atoms. The first-order valence-corrected chi connectivity index (χ1v) is 7.09. The maximum atomic E-state index is 13.6. The fourth-order valence-electron chi connectivity index (χ4n) is 2.56. The molecule has 2 aromatic carbocycles. The van der Waals surface area contributed by atoms with E-state index in [9.17, 15) is 14.3 Å². The van der Waals surface area contributed by atoms with E-state index in [0.717, 1.165) is 5.56 Å². The molecule has 114 valence electrons. The summed E-state index contributed by atoms with van der Waals surface area (Å²) >= 11 is 0. The Kier molecular flexibility index (Phi) is 4.06. The third-order valence-corrected chi connectivity index (χ3v) is 3.71. The Balaban J connectivity index is 1.70. The van der Waals surface area contributed by atoms with E-state index in [-0.39, 0.29) is 18.3 Å². The molecule has 1 heterocycles. The van der Waals surface area contributed by atoms with Crippen molar-refractivity contribution in [3.05, 3.63) is 65.5 Å². The maximum Gasteiger partial charge on any atom is 0.261 e. The van der Waals surface area contributed by atoms with Crippen LogP contribution in [-0.4, -0.2) is 23.7 Å². The number of rotatable bonds is 4. The van der Waals surface area contributed by atoms with E-state index in [0.29, 0.717) is 12.0 Å². The smallest absolute Gasteiger partial charge is 0.261 e. The molecule has 0 saturated carbocycles. The lowest BCUT2D eigenvalue weighted by atomic mass is 10.1. The van der Waals surface area contributed by atoms with Crippen LogP contribution in [0, 0.1) is 5.82 Å². The Bertz CT molecular complexity index is 675. The van der Waals surface area contributed by atoms with Crippen LogP contribution < -0.4 is 10.1 Å². The summed E-state index contributed by atoms with van der Waals surface area (Å²) in [4.78, 5) is 12.3. The van der Waals surface area contributed by atoms with Crippen molar-refractivity contribution in [2.24, 2.45) is 0 Å². The van der Waals surface area contributed by atoms with E-state index in [1.807, 2.05) is 30.3 Å². The number of benzene rings is 2. The second-order valence-electron chi connectivity index (χ2n) is 5.19. The molecule has 1 aliphatic heterocycles. The SMILES string of the molecule is O=C(NC(CO)c1ccccc1)C1Cc2cccc(F)c2O1. The van der Waals surface area contributed by atoms with Crippen LogP contribution in [0.1, 0.15) is 17.2 Å². The molecule has 0 saturated heterocycles. The number of hydrogen-bond donors (Lipinski definition) is 2. The summed E-state index contributed by atoms with van der Waals surface area (Å²) in [6.45, 7) is -0.218. The number of fused-ring (bicyclic) bond motifs is 1. The van der Waals surface area contributed by atoms with E-state index >= 15 is 0 Å². The number of amides is 1. The number of aliphatic hydroxyl groups excluding tert-OH is 1.